The summed E-state index contributed by atoms with van der Waals surface area (Å²) in [5.74, 6) is 8.71. The third kappa shape index (κ3) is 1.70. The molecule has 0 heteroatoms. The van der Waals surface area contributed by atoms with E-state index < -0.39 is 0 Å². The van der Waals surface area contributed by atoms with Crippen molar-refractivity contribution < 1.29 is 0 Å². The molecule has 0 N–H and O–H groups in total. The minimum absolute atomic E-state index is 0.155. The summed E-state index contributed by atoms with van der Waals surface area (Å²) in [6, 6.07) is 0. The molecule has 0 heterocycles. The minimum atomic E-state index is 0.155. The second-order valence-corrected chi connectivity index (χ2v) is 6.11. The van der Waals surface area contributed by atoms with Gasteiger partial charge < -0.3 is 0 Å². The molecule has 0 aromatic heterocycles. The minimum Gasteiger partial charge on any atom is -0.0993 e. The molecule has 0 amide bonds. The van der Waals surface area contributed by atoms with E-state index in [0.717, 1.165) is 0 Å². The van der Waals surface area contributed by atoms with E-state index in [1.54, 1.807) is 0 Å². The van der Waals surface area contributed by atoms with E-state index >= 15 is 0 Å². The summed E-state index contributed by atoms with van der Waals surface area (Å²) in [6.07, 6.45) is 0. The van der Waals surface area contributed by atoms with Crippen LogP contribution in [0.25, 0.3) is 0 Å². The SMILES string of the molecule is CC1C#CC(C)(C)C(C)C(C)(C)C1C. The fourth-order valence-electron chi connectivity index (χ4n) is 2.50. The molecule has 0 bridgehead atoms. The van der Waals surface area contributed by atoms with Gasteiger partial charge in [0.1, 0.15) is 0 Å². The zero-order chi connectivity index (χ0) is 11.1. The third-order valence-corrected chi connectivity index (χ3v) is 4.74. The monoisotopic (exact) mass is 192 g/mol. The summed E-state index contributed by atoms with van der Waals surface area (Å²) in [5, 5.41) is 0. The Balaban J connectivity index is 3.15. The predicted octanol–water partition coefficient (Wildman–Crippen LogP) is 3.96. The van der Waals surface area contributed by atoms with Crippen LogP contribution in [0.2, 0.25) is 0 Å². The first kappa shape index (κ1) is 11.6. The molecule has 3 atom stereocenters. The first-order chi connectivity index (χ1) is 6.19. The molecule has 80 valence electrons. The highest BCUT2D eigenvalue weighted by Gasteiger charge is 2.43. The molecular formula is C14H24. The van der Waals surface area contributed by atoms with Crippen LogP contribution in [0, 0.1) is 40.4 Å². The van der Waals surface area contributed by atoms with Gasteiger partial charge in [0.05, 0.1) is 0 Å². The maximum atomic E-state index is 3.46. The van der Waals surface area contributed by atoms with Crippen LogP contribution in [0.5, 0.6) is 0 Å². The van der Waals surface area contributed by atoms with E-state index in [2.05, 4.69) is 60.3 Å². The molecule has 0 radical (unpaired) electrons. The van der Waals surface area contributed by atoms with Gasteiger partial charge >= 0.3 is 0 Å². The molecule has 0 aromatic rings. The predicted molar refractivity (Wildman–Crippen MR) is 62.8 cm³/mol. The first-order valence-electron chi connectivity index (χ1n) is 5.72. The van der Waals surface area contributed by atoms with Crippen molar-refractivity contribution in [2.45, 2.75) is 48.5 Å². The van der Waals surface area contributed by atoms with Crippen LogP contribution >= 0.6 is 0 Å². The summed E-state index contributed by atoms with van der Waals surface area (Å²) in [7, 11) is 0. The van der Waals surface area contributed by atoms with Gasteiger partial charge in [0.25, 0.3) is 0 Å². The van der Waals surface area contributed by atoms with Crippen molar-refractivity contribution in [2.75, 3.05) is 0 Å². The molecule has 1 aliphatic carbocycles. The molecule has 0 saturated carbocycles. The highest BCUT2D eigenvalue weighted by molar-refractivity contribution is 5.18. The zero-order valence-corrected chi connectivity index (χ0v) is 10.7. The second kappa shape index (κ2) is 3.30. The van der Waals surface area contributed by atoms with E-state index in [1.807, 2.05) is 0 Å². The lowest BCUT2D eigenvalue weighted by molar-refractivity contribution is 0.0631. The van der Waals surface area contributed by atoms with Crippen LogP contribution in [0.4, 0.5) is 0 Å². The van der Waals surface area contributed by atoms with E-state index in [4.69, 9.17) is 0 Å². The molecule has 0 fully saturated rings. The zero-order valence-electron chi connectivity index (χ0n) is 10.7. The molecule has 0 aliphatic heterocycles. The number of rotatable bonds is 0. The fraction of sp³-hybridized carbons (Fsp3) is 0.857. The van der Waals surface area contributed by atoms with Gasteiger partial charge in [-0.3, -0.25) is 0 Å². The first-order valence-corrected chi connectivity index (χ1v) is 5.72. The van der Waals surface area contributed by atoms with Crippen molar-refractivity contribution in [3.63, 3.8) is 0 Å². The molecule has 0 aromatic carbocycles. The third-order valence-electron chi connectivity index (χ3n) is 4.74. The molecule has 0 nitrogen and oxygen atoms in total. The summed E-state index contributed by atoms with van der Waals surface area (Å²) in [6.45, 7) is 16.3. The molecule has 0 saturated heterocycles. The molecule has 1 rings (SSSR count). The van der Waals surface area contributed by atoms with Crippen LogP contribution in [-0.4, -0.2) is 0 Å². The Morgan fingerprint density at radius 3 is 1.93 bits per heavy atom. The van der Waals surface area contributed by atoms with Gasteiger partial charge in [-0.25, -0.2) is 0 Å². The van der Waals surface area contributed by atoms with Crippen molar-refractivity contribution in [1.29, 1.82) is 0 Å². The molecule has 3 unspecified atom stereocenters. The lowest BCUT2D eigenvalue weighted by Gasteiger charge is -2.43. The molecule has 1 aliphatic rings. The van der Waals surface area contributed by atoms with Gasteiger partial charge in [0.2, 0.25) is 0 Å². The largest absolute Gasteiger partial charge is 0.0993 e. The Morgan fingerprint density at radius 1 is 0.929 bits per heavy atom. The van der Waals surface area contributed by atoms with Gasteiger partial charge in [-0.05, 0) is 31.1 Å². The summed E-state index contributed by atoms with van der Waals surface area (Å²) in [4.78, 5) is 0. The van der Waals surface area contributed by atoms with Crippen molar-refractivity contribution in [1.82, 2.24) is 0 Å². The average molecular weight is 192 g/mol. The maximum Gasteiger partial charge on any atom is 0.0289 e. The second-order valence-electron chi connectivity index (χ2n) is 6.11. The summed E-state index contributed by atoms with van der Waals surface area (Å²) < 4.78 is 0. The highest BCUT2D eigenvalue weighted by atomic mass is 14.5. The Bertz CT molecular complexity index is 272. The van der Waals surface area contributed by atoms with E-state index in [1.165, 1.54) is 0 Å². The van der Waals surface area contributed by atoms with Crippen molar-refractivity contribution >= 4 is 0 Å². The van der Waals surface area contributed by atoms with Gasteiger partial charge in [-0.1, -0.05) is 46.5 Å². The number of hydrogen-bond donors (Lipinski definition) is 0. The Morgan fingerprint density at radius 2 is 1.43 bits per heavy atom. The Kier molecular flexibility index (Phi) is 2.74. The smallest absolute Gasteiger partial charge is 0.0289 e. The lowest BCUT2D eigenvalue weighted by atomic mass is 9.61. The molecule has 0 spiro atoms. The van der Waals surface area contributed by atoms with E-state index in [9.17, 15) is 0 Å². The van der Waals surface area contributed by atoms with Crippen LogP contribution < -0.4 is 0 Å². The van der Waals surface area contributed by atoms with Crippen LogP contribution in [-0.2, 0) is 0 Å². The Labute approximate surface area is 89.5 Å². The molecular weight excluding hydrogens is 168 g/mol. The average Bonchev–Trinajstić information content (AvgIpc) is 2.14. The fourth-order valence-corrected chi connectivity index (χ4v) is 2.50. The van der Waals surface area contributed by atoms with Gasteiger partial charge in [0.15, 0.2) is 0 Å². The number of hydrogen-bond acceptors (Lipinski definition) is 0. The van der Waals surface area contributed by atoms with Gasteiger partial charge in [-0.15, -0.1) is 0 Å². The van der Waals surface area contributed by atoms with Crippen LogP contribution in [0.15, 0.2) is 0 Å². The van der Waals surface area contributed by atoms with Gasteiger partial charge in [-0.2, -0.15) is 0 Å². The van der Waals surface area contributed by atoms with E-state index in [0.29, 0.717) is 23.2 Å². The van der Waals surface area contributed by atoms with E-state index in [-0.39, 0.29) is 5.41 Å². The Hall–Kier alpha value is -0.440. The standard InChI is InChI=1S/C14H24/c1-10-8-9-13(4,5)12(3)14(6,7)11(10)2/h10-12H,1-7H3. The highest BCUT2D eigenvalue weighted by Crippen LogP contribution is 2.48. The summed E-state index contributed by atoms with van der Waals surface area (Å²) >= 11 is 0. The van der Waals surface area contributed by atoms with Crippen molar-refractivity contribution in [3.8, 4) is 11.8 Å². The topological polar surface area (TPSA) is 0 Å². The lowest BCUT2D eigenvalue weighted by Crippen LogP contribution is -2.38. The quantitative estimate of drug-likeness (QED) is 0.510. The van der Waals surface area contributed by atoms with Crippen molar-refractivity contribution in [3.05, 3.63) is 0 Å². The molecule has 14 heavy (non-hydrogen) atoms. The van der Waals surface area contributed by atoms with Crippen molar-refractivity contribution in [2.24, 2.45) is 28.6 Å². The normalized spacial score (nSPS) is 39.5. The van der Waals surface area contributed by atoms with Crippen LogP contribution in [0.1, 0.15) is 48.5 Å². The van der Waals surface area contributed by atoms with Crippen LogP contribution in [0.3, 0.4) is 0 Å². The maximum absolute atomic E-state index is 3.46. The summed E-state index contributed by atoms with van der Waals surface area (Å²) in [5.41, 5.74) is 0.516. The van der Waals surface area contributed by atoms with Gasteiger partial charge in [0, 0.05) is 11.3 Å².